The lowest BCUT2D eigenvalue weighted by molar-refractivity contribution is -0.124. The third kappa shape index (κ3) is 3.48. The summed E-state index contributed by atoms with van der Waals surface area (Å²) in [5, 5.41) is 3.37. The molecule has 1 N–H and O–H groups in total. The molecule has 1 aliphatic heterocycles. The van der Waals surface area contributed by atoms with Gasteiger partial charge in [-0.2, -0.15) is 0 Å². The van der Waals surface area contributed by atoms with Crippen molar-refractivity contribution in [3.8, 4) is 0 Å². The van der Waals surface area contributed by atoms with Crippen molar-refractivity contribution in [3.63, 3.8) is 0 Å². The zero-order chi connectivity index (χ0) is 13.0. The lowest BCUT2D eigenvalue weighted by Crippen LogP contribution is -2.43. The van der Waals surface area contributed by atoms with Gasteiger partial charge in [0.2, 0.25) is 0 Å². The summed E-state index contributed by atoms with van der Waals surface area (Å²) in [5.74, 6) is 1.71. The maximum Gasteiger partial charge on any atom is 0.0685 e. The van der Waals surface area contributed by atoms with Crippen LogP contribution in [0.5, 0.6) is 0 Å². The second-order valence-electron chi connectivity index (χ2n) is 6.75. The van der Waals surface area contributed by atoms with E-state index >= 15 is 0 Å². The molecule has 106 valence electrons. The van der Waals surface area contributed by atoms with Gasteiger partial charge in [0.05, 0.1) is 5.60 Å². The number of hydrogen-bond donors (Lipinski definition) is 1. The summed E-state index contributed by atoms with van der Waals surface area (Å²) in [6.07, 6.45) is 10.7. The topological polar surface area (TPSA) is 21.3 Å². The monoisotopic (exact) mass is 253 g/mol. The molecular formula is C16H31NO. The molecule has 0 aromatic heterocycles. The summed E-state index contributed by atoms with van der Waals surface area (Å²) in [4.78, 5) is 0. The molecule has 2 aliphatic rings. The van der Waals surface area contributed by atoms with E-state index in [1.807, 2.05) is 0 Å². The highest BCUT2D eigenvalue weighted by molar-refractivity contribution is 4.91. The highest BCUT2D eigenvalue weighted by Crippen LogP contribution is 2.43. The molecule has 2 heteroatoms. The molecule has 2 nitrogen and oxygen atoms in total. The van der Waals surface area contributed by atoms with Gasteiger partial charge < -0.3 is 10.1 Å². The largest absolute Gasteiger partial charge is 0.375 e. The van der Waals surface area contributed by atoms with Crippen LogP contribution in [0.3, 0.4) is 0 Å². The minimum Gasteiger partial charge on any atom is -0.375 e. The summed E-state index contributed by atoms with van der Waals surface area (Å²) in [5.41, 5.74) is 0.276. The van der Waals surface area contributed by atoms with Crippen molar-refractivity contribution in [2.75, 3.05) is 13.7 Å². The van der Waals surface area contributed by atoms with Gasteiger partial charge in [0.1, 0.15) is 0 Å². The maximum atomic E-state index is 6.20. The van der Waals surface area contributed by atoms with E-state index in [-0.39, 0.29) is 5.60 Å². The molecule has 1 saturated heterocycles. The first-order chi connectivity index (χ1) is 8.65. The average Bonchev–Trinajstić information content (AvgIpc) is 2.39. The molecule has 2 rings (SSSR count). The second kappa shape index (κ2) is 6.38. The Bertz CT molecular complexity index is 242. The highest BCUT2D eigenvalue weighted by Gasteiger charge is 2.39. The number of rotatable bonds is 4. The van der Waals surface area contributed by atoms with E-state index in [1.165, 1.54) is 51.4 Å². The van der Waals surface area contributed by atoms with E-state index in [0.717, 1.165) is 18.4 Å². The smallest absolute Gasteiger partial charge is 0.0685 e. The van der Waals surface area contributed by atoms with E-state index in [0.29, 0.717) is 6.04 Å². The summed E-state index contributed by atoms with van der Waals surface area (Å²) in [7, 11) is 2.07. The molecule has 1 saturated carbocycles. The molecule has 3 atom stereocenters. The molecule has 1 heterocycles. The Balaban J connectivity index is 1.89. The lowest BCUT2D eigenvalue weighted by atomic mass is 9.72. The number of nitrogens with one attached hydrogen (secondary N) is 1. The molecule has 1 spiro atoms. The molecule has 0 aromatic rings. The van der Waals surface area contributed by atoms with Crippen LogP contribution >= 0.6 is 0 Å². The summed E-state index contributed by atoms with van der Waals surface area (Å²) >= 11 is 0. The zero-order valence-electron chi connectivity index (χ0n) is 12.5. The molecule has 1 aliphatic carbocycles. The van der Waals surface area contributed by atoms with Gasteiger partial charge in [0, 0.05) is 12.6 Å². The fourth-order valence-corrected chi connectivity index (χ4v) is 3.96. The molecule has 18 heavy (non-hydrogen) atoms. The molecular weight excluding hydrogens is 222 g/mol. The first-order valence-electron chi connectivity index (χ1n) is 7.96. The molecule has 3 unspecified atom stereocenters. The van der Waals surface area contributed by atoms with Crippen molar-refractivity contribution in [3.05, 3.63) is 0 Å². The third-order valence-electron chi connectivity index (χ3n) is 5.32. The molecule has 2 fully saturated rings. The molecule has 0 bridgehead atoms. The first kappa shape index (κ1) is 14.3. The van der Waals surface area contributed by atoms with E-state index in [4.69, 9.17) is 4.74 Å². The van der Waals surface area contributed by atoms with Crippen LogP contribution in [0, 0.1) is 11.8 Å². The maximum absolute atomic E-state index is 6.20. The van der Waals surface area contributed by atoms with Crippen LogP contribution in [-0.2, 0) is 4.74 Å². The van der Waals surface area contributed by atoms with Gasteiger partial charge in [-0.1, -0.05) is 26.2 Å². The first-order valence-corrected chi connectivity index (χ1v) is 7.96. The van der Waals surface area contributed by atoms with Crippen molar-refractivity contribution < 1.29 is 4.74 Å². The Kier molecular flexibility index (Phi) is 5.08. The fraction of sp³-hybridized carbons (Fsp3) is 1.00. The third-order valence-corrected chi connectivity index (χ3v) is 5.32. The minimum absolute atomic E-state index is 0.276. The Morgan fingerprint density at radius 1 is 1.22 bits per heavy atom. The van der Waals surface area contributed by atoms with Crippen molar-refractivity contribution in [2.45, 2.75) is 76.9 Å². The lowest BCUT2D eigenvalue weighted by Gasteiger charge is -2.45. The Morgan fingerprint density at radius 2 is 1.94 bits per heavy atom. The predicted octanol–water partition coefficient (Wildman–Crippen LogP) is 3.75. The minimum atomic E-state index is 0.276. The highest BCUT2D eigenvalue weighted by atomic mass is 16.5. The van der Waals surface area contributed by atoms with Crippen molar-refractivity contribution in [1.29, 1.82) is 0 Å². The number of ether oxygens (including phenoxy) is 1. The van der Waals surface area contributed by atoms with E-state index in [1.54, 1.807) is 0 Å². The SMILES string of the molecule is CNC(C)CC(C)C1CCOC2(CCCCC2)C1. The Morgan fingerprint density at radius 3 is 2.61 bits per heavy atom. The van der Waals surface area contributed by atoms with Crippen LogP contribution in [0.1, 0.15) is 65.2 Å². The van der Waals surface area contributed by atoms with E-state index < -0.39 is 0 Å². The van der Waals surface area contributed by atoms with Crippen LogP contribution in [-0.4, -0.2) is 25.3 Å². The fourth-order valence-electron chi connectivity index (χ4n) is 3.96. The Labute approximate surface area is 113 Å². The zero-order valence-corrected chi connectivity index (χ0v) is 12.5. The quantitative estimate of drug-likeness (QED) is 0.824. The van der Waals surface area contributed by atoms with E-state index in [9.17, 15) is 0 Å². The van der Waals surface area contributed by atoms with Crippen LogP contribution < -0.4 is 5.32 Å². The average molecular weight is 253 g/mol. The van der Waals surface area contributed by atoms with Gasteiger partial charge in [-0.25, -0.2) is 0 Å². The van der Waals surface area contributed by atoms with Gasteiger partial charge in [-0.05, 0) is 57.9 Å². The molecule has 0 amide bonds. The molecule has 0 aromatic carbocycles. The van der Waals surface area contributed by atoms with Gasteiger partial charge in [-0.15, -0.1) is 0 Å². The normalized spacial score (nSPS) is 31.2. The second-order valence-corrected chi connectivity index (χ2v) is 6.75. The summed E-state index contributed by atoms with van der Waals surface area (Å²) in [6, 6.07) is 0.644. The summed E-state index contributed by atoms with van der Waals surface area (Å²) < 4.78 is 6.20. The van der Waals surface area contributed by atoms with Gasteiger partial charge in [0.15, 0.2) is 0 Å². The van der Waals surface area contributed by atoms with Crippen LogP contribution in [0.4, 0.5) is 0 Å². The standard InChI is InChI=1S/C16H31NO/c1-13(11-14(2)17-3)15-7-10-18-16(12-15)8-5-4-6-9-16/h13-15,17H,4-12H2,1-3H3. The van der Waals surface area contributed by atoms with Crippen LogP contribution in [0.25, 0.3) is 0 Å². The van der Waals surface area contributed by atoms with Crippen molar-refractivity contribution in [2.24, 2.45) is 11.8 Å². The van der Waals surface area contributed by atoms with Gasteiger partial charge in [0.25, 0.3) is 0 Å². The Hall–Kier alpha value is -0.0800. The van der Waals surface area contributed by atoms with E-state index in [2.05, 4.69) is 26.2 Å². The summed E-state index contributed by atoms with van der Waals surface area (Å²) in [6.45, 7) is 5.75. The molecule has 0 radical (unpaired) electrons. The van der Waals surface area contributed by atoms with Crippen molar-refractivity contribution >= 4 is 0 Å². The number of hydrogen-bond acceptors (Lipinski definition) is 2. The predicted molar refractivity (Wildman–Crippen MR) is 76.8 cm³/mol. The van der Waals surface area contributed by atoms with Gasteiger partial charge >= 0.3 is 0 Å². The van der Waals surface area contributed by atoms with Crippen LogP contribution in [0.15, 0.2) is 0 Å². The van der Waals surface area contributed by atoms with Crippen LogP contribution in [0.2, 0.25) is 0 Å². The van der Waals surface area contributed by atoms with Crippen molar-refractivity contribution in [1.82, 2.24) is 5.32 Å². The van der Waals surface area contributed by atoms with Gasteiger partial charge in [-0.3, -0.25) is 0 Å².